The molecule has 0 radical (unpaired) electrons. The smallest absolute Gasteiger partial charge is 0.399 e. The fourth-order valence-electron chi connectivity index (χ4n) is 11.4. The highest BCUT2D eigenvalue weighted by atomic mass is 79.9. The largest absolute Gasteiger partial charge is 0.504 e. The molecule has 8 amide bonds. The number of benzene rings is 6. The first-order valence-electron chi connectivity index (χ1n) is 32.6. The number of thiazole rings is 1. The second-order valence-electron chi connectivity index (χ2n) is 26.0. The van der Waals surface area contributed by atoms with Crippen molar-refractivity contribution in [1.29, 1.82) is 0 Å². The van der Waals surface area contributed by atoms with Gasteiger partial charge in [0.25, 0.3) is 5.91 Å². The number of aryl methyl sites for hydroxylation is 2. The van der Waals surface area contributed by atoms with E-state index in [0.29, 0.717) is 34.2 Å². The van der Waals surface area contributed by atoms with E-state index in [2.05, 4.69) is 58.1 Å². The van der Waals surface area contributed by atoms with Crippen molar-refractivity contribution >= 4 is 82.1 Å². The Morgan fingerprint density at radius 2 is 1.28 bits per heavy atom. The van der Waals surface area contributed by atoms with Crippen molar-refractivity contribution in [3.05, 3.63) is 205 Å². The second-order valence-corrected chi connectivity index (χ2v) is 29.3. The Hall–Kier alpha value is -9.24. The van der Waals surface area contributed by atoms with Gasteiger partial charge >= 0.3 is 13.3 Å². The monoisotopic (exact) mass is 1490 g/mol. The lowest BCUT2D eigenvalue weighted by molar-refractivity contribution is -0.144. The summed E-state index contributed by atoms with van der Waals surface area (Å²) < 4.78 is 47.6. The Morgan fingerprint density at radius 3 is 1.91 bits per heavy atom. The van der Waals surface area contributed by atoms with E-state index in [-0.39, 0.29) is 87.7 Å². The van der Waals surface area contributed by atoms with Crippen molar-refractivity contribution in [1.82, 2.24) is 47.1 Å². The number of hydrogen-bond donors (Lipinski definition) is 11. The molecule has 536 valence electrons. The SMILES string of the molecule is COc1cc(CC(=O)NC(Cc2ccccc2)C(=O)NC(Cc2ccc(C(F)(F)P(=O)(O)O)cc2)C(=O)NC(CCCCNC(=O)c2ccc(C)c(Br)c2)C(=O)NCc2cccc(CC(=O)NC(C(=O)N3CC(O)CC3C(=O)NCc3ccc(-c4scnc4C)cc3)C(C)(C)C)c2)ccc1O. The number of likely N-dealkylation sites (tertiary alicyclic amines) is 1. The molecule has 1 aromatic heterocycles. The number of unbranched alkanes of at least 4 members (excludes halogenated alkanes) is 1. The summed E-state index contributed by atoms with van der Waals surface area (Å²) in [6.45, 7) is 9.16. The minimum Gasteiger partial charge on any atom is -0.504 e. The lowest BCUT2D eigenvalue weighted by atomic mass is 9.85. The van der Waals surface area contributed by atoms with Crippen molar-refractivity contribution in [3.8, 4) is 21.9 Å². The maximum atomic E-state index is 14.9. The van der Waals surface area contributed by atoms with E-state index in [9.17, 15) is 71.7 Å². The van der Waals surface area contributed by atoms with Crippen molar-refractivity contribution in [3.63, 3.8) is 0 Å². The van der Waals surface area contributed by atoms with E-state index in [1.54, 1.807) is 99.1 Å². The van der Waals surface area contributed by atoms with Crippen molar-refractivity contribution in [2.24, 2.45) is 5.41 Å². The molecule has 101 heavy (non-hydrogen) atoms. The highest BCUT2D eigenvalue weighted by Gasteiger charge is 2.50. The minimum absolute atomic E-state index is 0.00924. The van der Waals surface area contributed by atoms with Crippen LogP contribution in [0.3, 0.4) is 0 Å². The van der Waals surface area contributed by atoms with E-state index in [0.717, 1.165) is 56.0 Å². The quantitative estimate of drug-likeness (QED) is 0.0145. The first-order valence-corrected chi connectivity index (χ1v) is 35.9. The van der Waals surface area contributed by atoms with E-state index in [4.69, 9.17) is 4.74 Å². The third-order valence-corrected chi connectivity index (χ3v) is 19.9. The lowest BCUT2D eigenvalue weighted by Gasteiger charge is -2.35. The van der Waals surface area contributed by atoms with E-state index in [1.807, 2.05) is 38.1 Å². The summed E-state index contributed by atoms with van der Waals surface area (Å²) in [5.41, 5.74) is 1.50. The Labute approximate surface area is 596 Å². The van der Waals surface area contributed by atoms with E-state index in [1.165, 1.54) is 41.5 Å². The summed E-state index contributed by atoms with van der Waals surface area (Å²) in [6, 6.07) is 29.7. The van der Waals surface area contributed by atoms with Gasteiger partial charge in [-0.25, -0.2) is 4.98 Å². The molecule has 23 nitrogen and oxygen atoms in total. The number of phenolic OH excluding ortho intramolecular Hbond substituents is 1. The maximum absolute atomic E-state index is 14.9. The average Bonchev–Trinajstić information content (AvgIpc) is 1.78. The highest BCUT2D eigenvalue weighted by molar-refractivity contribution is 9.10. The number of halogens is 3. The molecule has 7 aromatic rings. The number of β-amino-alcohol motifs (C(OH)–C–C–N with tert-alkyl or cyclic N) is 1. The Bertz CT molecular complexity index is 4160. The first-order chi connectivity index (χ1) is 47.9. The molecule has 0 saturated carbocycles. The number of aromatic nitrogens is 1. The Balaban J connectivity index is 0.981. The molecule has 1 saturated heterocycles. The molecule has 6 aromatic carbocycles. The van der Waals surface area contributed by atoms with Crippen LogP contribution in [0.5, 0.6) is 11.5 Å². The van der Waals surface area contributed by atoms with Crippen LogP contribution in [-0.2, 0) is 82.6 Å². The van der Waals surface area contributed by atoms with Gasteiger partial charge in [-0.3, -0.25) is 42.9 Å². The third kappa shape index (κ3) is 21.6. The molecule has 0 spiro atoms. The van der Waals surface area contributed by atoms with Gasteiger partial charge in [0.05, 0.1) is 42.1 Å². The number of rotatable bonds is 31. The van der Waals surface area contributed by atoms with Crippen LogP contribution < -0.4 is 42.0 Å². The van der Waals surface area contributed by atoms with Crippen LogP contribution in [-0.4, -0.2) is 134 Å². The van der Waals surface area contributed by atoms with Gasteiger partial charge in [-0.05, 0) is 107 Å². The van der Waals surface area contributed by atoms with Crippen LogP contribution in [0.25, 0.3) is 10.4 Å². The second kappa shape index (κ2) is 34.9. The summed E-state index contributed by atoms with van der Waals surface area (Å²) >= 11 is 4.98. The number of phenols is 1. The summed E-state index contributed by atoms with van der Waals surface area (Å²) in [5, 5.41) is 40.7. The summed E-state index contributed by atoms with van der Waals surface area (Å²) in [6.07, 6.45) is -1.53. The fraction of sp³-hybridized carbons (Fsp3) is 0.356. The summed E-state index contributed by atoms with van der Waals surface area (Å²) in [4.78, 5) is 139. The normalized spacial score (nSPS) is 15.1. The number of carbonyl (C=O) groups is 8. The fourth-order valence-corrected chi connectivity index (χ4v) is 13.1. The van der Waals surface area contributed by atoms with Gasteiger partial charge in [-0.1, -0.05) is 152 Å². The number of nitrogens with zero attached hydrogens (tertiary/aromatic N) is 2. The molecule has 1 fully saturated rings. The molecule has 0 bridgehead atoms. The molecule has 0 aliphatic carbocycles. The minimum atomic E-state index is -5.99. The topological polar surface area (TPSA) is 344 Å². The van der Waals surface area contributed by atoms with Crippen LogP contribution in [0.2, 0.25) is 0 Å². The molecular formula is C73H83BrF2N9O14PS. The highest BCUT2D eigenvalue weighted by Crippen LogP contribution is 2.59. The van der Waals surface area contributed by atoms with Crippen LogP contribution in [0.4, 0.5) is 8.78 Å². The summed E-state index contributed by atoms with van der Waals surface area (Å²) in [5.74, 6) is -5.15. The number of carbonyl (C=O) groups excluding carboxylic acids is 8. The average molecular weight is 1490 g/mol. The third-order valence-electron chi connectivity index (χ3n) is 17.1. The Kier molecular flexibility index (Phi) is 26.8. The van der Waals surface area contributed by atoms with Gasteiger partial charge in [0.2, 0.25) is 41.4 Å². The summed E-state index contributed by atoms with van der Waals surface area (Å²) in [7, 11) is -4.66. The zero-order valence-corrected chi connectivity index (χ0v) is 59.9. The van der Waals surface area contributed by atoms with Gasteiger partial charge < -0.3 is 66.9 Å². The van der Waals surface area contributed by atoms with Crippen LogP contribution >= 0.6 is 34.9 Å². The number of nitrogens with one attached hydrogen (secondary N) is 7. The van der Waals surface area contributed by atoms with Crippen LogP contribution in [0, 0.1) is 19.3 Å². The van der Waals surface area contributed by atoms with Gasteiger partial charge in [0, 0.05) is 61.0 Å². The van der Waals surface area contributed by atoms with Gasteiger partial charge in [-0.15, -0.1) is 11.3 Å². The van der Waals surface area contributed by atoms with Crippen molar-refractivity contribution in [2.75, 3.05) is 20.2 Å². The van der Waals surface area contributed by atoms with E-state index < -0.39 is 108 Å². The number of aliphatic hydroxyl groups is 1. The number of ether oxygens (including phenoxy) is 1. The van der Waals surface area contributed by atoms with Crippen molar-refractivity contribution < 1.29 is 76.4 Å². The molecule has 6 unspecified atom stereocenters. The standard InChI is InChI=1S/C73H83BrF2N9O14PS/c1-43-18-24-52(37-55(43)74)66(90)77-30-11-10-17-56(82-69(93)58(33-46-21-27-53(28-22-46)73(75,76)100(96,97)98)83-68(92)57(32-45-13-8-7-9-14-45)81-62(88)36-49-23-29-60(87)61(34-49)99-6)67(91)78-40-50-16-12-15-48(31-50)35-63(89)84-65(72(3,4)5)71(95)85-41-54(86)38-59(85)70(94)79-39-47-19-25-51(26-20-47)64-44(2)80-42-101-64/h7-9,12-16,18-29,31,34,37,42,54,56-59,65,86-87H,10-11,17,30,32-33,35-36,38-41H2,1-6H3,(H,77,90)(H,78,91)(H,79,94)(H,81,88)(H,82,93)(H,83,92)(H,84,89)(H2,96,97,98). The zero-order valence-electron chi connectivity index (χ0n) is 56.6. The number of alkyl halides is 2. The molecule has 28 heteroatoms. The number of amides is 8. The number of hydrogen-bond acceptors (Lipinski definition) is 14. The molecule has 1 aliphatic rings. The molecular weight excluding hydrogens is 1410 g/mol. The number of aromatic hydroxyl groups is 1. The van der Waals surface area contributed by atoms with E-state index >= 15 is 0 Å². The molecule has 2 heterocycles. The molecule has 6 atom stereocenters. The number of aliphatic hydroxyl groups excluding tert-OH is 1. The zero-order chi connectivity index (χ0) is 73.3. The molecule has 8 rings (SSSR count). The van der Waals surface area contributed by atoms with Crippen LogP contribution in [0.1, 0.15) is 107 Å². The first kappa shape index (κ1) is 77.5. The predicted octanol–water partition coefficient (Wildman–Crippen LogP) is 7.88. The maximum Gasteiger partial charge on any atom is 0.399 e. The molecule has 1 aliphatic heterocycles. The van der Waals surface area contributed by atoms with Gasteiger partial charge in [0.1, 0.15) is 30.2 Å². The van der Waals surface area contributed by atoms with Gasteiger partial charge in [0.15, 0.2) is 11.5 Å². The van der Waals surface area contributed by atoms with Gasteiger partial charge in [-0.2, -0.15) is 8.78 Å². The predicted molar refractivity (Wildman–Crippen MR) is 379 cm³/mol. The lowest BCUT2D eigenvalue weighted by Crippen LogP contribution is -2.58. The Morgan fingerprint density at radius 1 is 0.683 bits per heavy atom. The van der Waals surface area contributed by atoms with Crippen molar-refractivity contribution in [2.45, 2.75) is 141 Å². The van der Waals surface area contributed by atoms with Crippen LogP contribution in [0.15, 0.2) is 150 Å². The molecule has 11 N–H and O–H groups in total. The number of methoxy groups -OCH3 is 1.